The number of hydrogen-bond acceptors (Lipinski definition) is 7. The quantitative estimate of drug-likeness (QED) is 0.496. The van der Waals surface area contributed by atoms with Crippen LogP contribution in [0.1, 0.15) is 31.1 Å². The summed E-state index contributed by atoms with van der Waals surface area (Å²) in [5.74, 6) is 6.55. The summed E-state index contributed by atoms with van der Waals surface area (Å²) in [6.45, 7) is 2.63. The molecule has 0 bridgehead atoms. The highest BCUT2D eigenvalue weighted by Crippen LogP contribution is 2.34. The molecule has 1 fully saturated rings. The monoisotopic (exact) mass is 293 g/mol. The number of nitrogens with two attached hydrogens (primary N) is 1. The second-order valence-electron chi connectivity index (χ2n) is 5.26. The molecule has 0 aliphatic heterocycles. The fourth-order valence-electron chi connectivity index (χ4n) is 2.35. The van der Waals surface area contributed by atoms with Crippen molar-refractivity contribution in [1.29, 1.82) is 0 Å². The van der Waals surface area contributed by atoms with Crippen LogP contribution in [0, 0.1) is 0 Å². The molecule has 108 valence electrons. The van der Waals surface area contributed by atoms with Crippen LogP contribution in [0.25, 0.3) is 10.2 Å². The lowest BCUT2D eigenvalue weighted by Gasteiger charge is -2.36. The van der Waals surface area contributed by atoms with Crippen LogP contribution >= 0.6 is 11.3 Å². The van der Waals surface area contributed by atoms with Gasteiger partial charge in [0.2, 0.25) is 5.95 Å². The van der Waals surface area contributed by atoms with Gasteiger partial charge in [-0.15, -0.1) is 11.3 Å². The molecule has 6 nitrogen and oxygen atoms in total. The van der Waals surface area contributed by atoms with Crippen molar-refractivity contribution in [3.63, 3.8) is 0 Å². The van der Waals surface area contributed by atoms with Crippen LogP contribution in [0.15, 0.2) is 6.07 Å². The Morgan fingerprint density at radius 2 is 2.25 bits per heavy atom. The van der Waals surface area contributed by atoms with Crippen molar-refractivity contribution in [2.45, 2.75) is 38.2 Å². The van der Waals surface area contributed by atoms with Crippen molar-refractivity contribution in [3.05, 3.63) is 10.9 Å². The van der Waals surface area contributed by atoms with Crippen LogP contribution in [-0.4, -0.2) is 27.2 Å². The zero-order valence-electron chi connectivity index (χ0n) is 11.4. The second-order valence-corrected chi connectivity index (χ2v) is 6.37. The Morgan fingerprint density at radius 1 is 1.45 bits per heavy atom. The van der Waals surface area contributed by atoms with E-state index in [9.17, 15) is 5.11 Å². The Morgan fingerprint density at radius 3 is 2.85 bits per heavy atom. The lowest BCUT2D eigenvalue weighted by molar-refractivity contribution is -0.0202. The standard InChI is InChI=1S/C13H19N5OS/c1-2-8-6-9-10(15-7-13(19)4-3-5-13)16-12(18-14)17-11(9)20-8/h6,19H,2-5,7,14H2,1H3,(H2,15,16,17,18). The molecule has 0 amide bonds. The van der Waals surface area contributed by atoms with Gasteiger partial charge < -0.3 is 10.4 Å². The summed E-state index contributed by atoms with van der Waals surface area (Å²) < 4.78 is 0. The molecule has 0 saturated heterocycles. The summed E-state index contributed by atoms with van der Waals surface area (Å²) in [5.41, 5.74) is 1.91. The molecule has 2 aromatic heterocycles. The average molecular weight is 293 g/mol. The van der Waals surface area contributed by atoms with Crippen LogP contribution < -0.4 is 16.6 Å². The molecule has 1 saturated carbocycles. The van der Waals surface area contributed by atoms with Crippen LogP contribution in [0.3, 0.4) is 0 Å². The summed E-state index contributed by atoms with van der Waals surface area (Å²) in [6, 6.07) is 2.10. The van der Waals surface area contributed by atoms with Gasteiger partial charge in [-0.3, -0.25) is 5.43 Å². The van der Waals surface area contributed by atoms with Crippen molar-refractivity contribution in [2.24, 2.45) is 5.84 Å². The van der Waals surface area contributed by atoms with Gasteiger partial charge in [0.05, 0.1) is 11.0 Å². The van der Waals surface area contributed by atoms with Gasteiger partial charge in [-0.25, -0.2) is 10.8 Å². The van der Waals surface area contributed by atoms with Crippen LogP contribution in [0.5, 0.6) is 0 Å². The zero-order chi connectivity index (χ0) is 14.2. The Hall–Kier alpha value is -1.44. The van der Waals surface area contributed by atoms with Gasteiger partial charge in [-0.2, -0.15) is 4.98 Å². The molecule has 0 atom stereocenters. The number of anilines is 2. The first-order valence-corrected chi connectivity index (χ1v) is 7.68. The molecule has 7 heteroatoms. The first kappa shape index (κ1) is 13.5. The molecule has 1 aliphatic rings. The first-order valence-electron chi connectivity index (χ1n) is 6.87. The third-order valence-electron chi connectivity index (χ3n) is 3.79. The van der Waals surface area contributed by atoms with E-state index in [1.54, 1.807) is 11.3 Å². The number of nitrogen functional groups attached to an aromatic ring is 1. The molecule has 1 aliphatic carbocycles. The fourth-order valence-corrected chi connectivity index (χ4v) is 3.32. The predicted molar refractivity (Wildman–Crippen MR) is 81.9 cm³/mol. The third-order valence-corrected chi connectivity index (χ3v) is 4.96. The number of nitrogens with zero attached hydrogens (tertiary/aromatic N) is 2. The number of aliphatic hydroxyl groups is 1. The minimum absolute atomic E-state index is 0.394. The molecule has 2 heterocycles. The molecule has 0 aromatic carbocycles. The average Bonchev–Trinajstić information content (AvgIpc) is 2.85. The molecule has 3 rings (SSSR count). The Bertz CT molecular complexity index is 622. The molecule has 0 unspecified atom stereocenters. The van der Waals surface area contributed by atoms with E-state index in [-0.39, 0.29) is 0 Å². The zero-order valence-corrected chi connectivity index (χ0v) is 12.3. The molecule has 2 aromatic rings. The van der Waals surface area contributed by atoms with Gasteiger partial charge in [0, 0.05) is 11.4 Å². The summed E-state index contributed by atoms with van der Waals surface area (Å²) >= 11 is 1.64. The lowest BCUT2D eigenvalue weighted by Crippen LogP contribution is -2.43. The minimum Gasteiger partial charge on any atom is -0.388 e. The number of aryl methyl sites for hydroxylation is 1. The number of nitrogens with one attached hydrogen (secondary N) is 2. The maximum absolute atomic E-state index is 10.2. The van der Waals surface area contributed by atoms with Gasteiger partial charge in [-0.1, -0.05) is 6.92 Å². The fraction of sp³-hybridized carbons (Fsp3) is 0.538. The van der Waals surface area contributed by atoms with Gasteiger partial charge in [-0.05, 0) is 31.7 Å². The van der Waals surface area contributed by atoms with E-state index in [4.69, 9.17) is 5.84 Å². The number of fused-ring (bicyclic) bond motifs is 1. The topological polar surface area (TPSA) is 96.1 Å². The number of thiophene rings is 1. The largest absolute Gasteiger partial charge is 0.388 e. The third kappa shape index (κ3) is 2.44. The normalized spacial score (nSPS) is 16.9. The van der Waals surface area contributed by atoms with E-state index in [0.717, 1.165) is 41.7 Å². The highest BCUT2D eigenvalue weighted by molar-refractivity contribution is 7.18. The van der Waals surface area contributed by atoms with E-state index in [0.29, 0.717) is 12.5 Å². The Balaban J connectivity index is 1.92. The number of rotatable bonds is 5. The molecular weight excluding hydrogens is 274 g/mol. The van der Waals surface area contributed by atoms with Crippen molar-refractivity contribution < 1.29 is 5.11 Å². The van der Waals surface area contributed by atoms with E-state index >= 15 is 0 Å². The molecule has 0 radical (unpaired) electrons. The van der Waals surface area contributed by atoms with Crippen LogP contribution in [0.4, 0.5) is 11.8 Å². The smallest absolute Gasteiger partial charge is 0.240 e. The van der Waals surface area contributed by atoms with Crippen molar-refractivity contribution in [2.75, 3.05) is 17.3 Å². The van der Waals surface area contributed by atoms with Crippen LogP contribution in [-0.2, 0) is 6.42 Å². The summed E-state index contributed by atoms with van der Waals surface area (Å²) in [7, 11) is 0. The van der Waals surface area contributed by atoms with Gasteiger partial charge in [0.25, 0.3) is 0 Å². The SMILES string of the molecule is CCc1cc2c(NCC3(O)CCC3)nc(NN)nc2s1. The van der Waals surface area contributed by atoms with Gasteiger partial charge in [0.1, 0.15) is 10.6 Å². The Kier molecular flexibility index (Phi) is 3.49. The molecular formula is C13H19N5OS. The molecule has 0 spiro atoms. The van der Waals surface area contributed by atoms with Crippen molar-refractivity contribution in [3.8, 4) is 0 Å². The minimum atomic E-state index is -0.586. The predicted octanol–water partition coefficient (Wildman–Crippen LogP) is 1.87. The Labute approximate surface area is 121 Å². The van der Waals surface area contributed by atoms with Gasteiger partial charge >= 0.3 is 0 Å². The first-order chi connectivity index (χ1) is 9.63. The number of aromatic nitrogens is 2. The summed E-state index contributed by atoms with van der Waals surface area (Å²) in [6.07, 6.45) is 3.75. The van der Waals surface area contributed by atoms with Crippen molar-refractivity contribution >= 4 is 33.3 Å². The van der Waals surface area contributed by atoms with Crippen molar-refractivity contribution in [1.82, 2.24) is 9.97 Å². The lowest BCUT2D eigenvalue weighted by atomic mass is 9.80. The number of hydrazine groups is 1. The number of hydrogen-bond donors (Lipinski definition) is 4. The van der Waals surface area contributed by atoms with E-state index in [1.807, 2.05) is 0 Å². The maximum atomic E-state index is 10.2. The molecule has 20 heavy (non-hydrogen) atoms. The van der Waals surface area contributed by atoms with E-state index < -0.39 is 5.60 Å². The highest BCUT2D eigenvalue weighted by atomic mass is 32.1. The van der Waals surface area contributed by atoms with Crippen LogP contribution in [0.2, 0.25) is 0 Å². The second kappa shape index (κ2) is 5.16. The summed E-state index contributed by atoms with van der Waals surface area (Å²) in [4.78, 5) is 10.9. The summed E-state index contributed by atoms with van der Waals surface area (Å²) in [5, 5.41) is 14.4. The van der Waals surface area contributed by atoms with E-state index in [1.165, 1.54) is 4.88 Å². The van der Waals surface area contributed by atoms with Gasteiger partial charge in [0.15, 0.2) is 0 Å². The molecule has 5 N–H and O–H groups in total. The maximum Gasteiger partial charge on any atom is 0.240 e. The highest BCUT2D eigenvalue weighted by Gasteiger charge is 2.34. The van der Waals surface area contributed by atoms with E-state index in [2.05, 4.69) is 33.7 Å².